The largest absolute Gasteiger partial charge is 0.872 e. The van der Waals surface area contributed by atoms with Crippen molar-refractivity contribution in [3.63, 3.8) is 0 Å². The van der Waals surface area contributed by atoms with Crippen LogP contribution in [0, 0.1) is 11.3 Å². The molecule has 126 valence electrons. The Morgan fingerprint density at radius 2 is 1.78 bits per heavy atom. The van der Waals surface area contributed by atoms with Gasteiger partial charge in [-0.15, -0.1) is 5.75 Å². The quantitative estimate of drug-likeness (QED) is 0.652. The lowest BCUT2D eigenvalue weighted by Crippen LogP contribution is -3.19. The van der Waals surface area contributed by atoms with E-state index in [-0.39, 0.29) is 11.3 Å². The Bertz CT molecular complexity index is 576. The highest BCUT2D eigenvalue weighted by atomic mass is 16.4. The van der Waals surface area contributed by atoms with Crippen molar-refractivity contribution in [2.24, 2.45) is 0 Å². The van der Waals surface area contributed by atoms with Gasteiger partial charge in [0.1, 0.15) is 11.6 Å². The predicted molar refractivity (Wildman–Crippen MR) is 88.9 cm³/mol. The third-order valence-corrected chi connectivity index (χ3v) is 3.59. The van der Waals surface area contributed by atoms with Gasteiger partial charge in [0.05, 0.1) is 18.6 Å². The van der Waals surface area contributed by atoms with Gasteiger partial charge < -0.3 is 15.1 Å². The normalized spacial score (nSPS) is 12.9. The van der Waals surface area contributed by atoms with Crippen molar-refractivity contribution >= 4 is 12.0 Å². The van der Waals surface area contributed by atoms with Gasteiger partial charge in [-0.1, -0.05) is 24.3 Å². The lowest BCUT2D eigenvalue weighted by Gasteiger charge is -2.31. The molecule has 23 heavy (non-hydrogen) atoms. The lowest BCUT2D eigenvalue weighted by molar-refractivity contribution is -0.948. The summed E-state index contributed by atoms with van der Waals surface area (Å²) in [5.74, 6) is -1.44. The molecule has 0 aromatic heterocycles. The molecule has 0 aliphatic carbocycles. The molecule has 5 nitrogen and oxygen atoms in total. The van der Waals surface area contributed by atoms with E-state index in [0.29, 0.717) is 11.1 Å². The highest BCUT2D eigenvalue weighted by molar-refractivity contribution is 5.96. The van der Waals surface area contributed by atoms with Crippen LogP contribution in [0.15, 0.2) is 29.8 Å². The monoisotopic (exact) mass is 318 g/mol. The zero-order chi connectivity index (χ0) is 18.2. The van der Waals surface area contributed by atoms with Crippen molar-refractivity contribution in [3.8, 4) is 11.8 Å². The molecule has 1 aromatic rings. The van der Waals surface area contributed by atoms with Crippen LogP contribution >= 0.6 is 0 Å². The van der Waals surface area contributed by atoms with Crippen molar-refractivity contribution in [2.75, 3.05) is 7.05 Å². The number of nitriles is 1. The summed E-state index contributed by atoms with van der Waals surface area (Å²) in [7, 11) is 2.24. The summed E-state index contributed by atoms with van der Waals surface area (Å²) in [4.78, 5) is 12.0. The van der Waals surface area contributed by atoms with E-state index >= 15 is 0 Å². The number of hydrogen-bond acceptors (Lipinski definition) is 3. The van der Waals surface area contributed by atoms with Crippen LogP contribution < -0.4 is 10.0 Å². The van der Waals surface area contributed by atoms with Crippen molar-refractivity contribution in [1.29, 1.82) is 5.26 Å². The molecule has 1 aromatic carbocycles. The molecule has 0 aliphatic heterocycles. The fourth-order valence-corrected chi connectivity index (χ4v) is 1.74. The maximum absolute atomic E-state index is 10.7. The highest BCUT2D eigenvalue weighted by Crippen LogP contribution is 2.10. The topological polar surface area (TPSA) is 88.6 Å². The van der Waals surface area contributed by atoms with Gasteiger partial charge in [-0.25, -0.2) is 4.79 Å². The number of aliphatic carboxylic acids is 1. The molecular formula is C18H26N2O3. The molecule has 1 unspecified atom stereocenters. The summed E-state index contributed by atoms with van der Waals surface area (Å²) in [6.45, 7) is 11.3. The fraction of sp³-hybridized carbons (Fsp3) is 0.444. The van der Waals surface area contributed by atoms with Crippen LogP contribution in [0.4, 0.5) is 0 Å². The van der Waals surface area contributed by atoms with Gasteiger partial charge in [0.15, 0.2) is 0 Å². The van der Waals surface area contributed by atoms with E-state index < -0.39 is 5.97 Å². The minimum absolute atomic E-state index is 0.156. The fourth-order valence-electron chi connectivity index (χ4n) is 1.74. The molecule has 0 radical (unpaired) electrons. The molecular weight excluding hydrogens is 292 g/mol. The zero-order valence-corrected chi connectivity index (χ0v) is 14.7. The summed E-state index contributed by atoms with van der Waals surface area (Å²) in [6, 6.07) is 7.81. The number of quaternary nitrogens is 1. The van der Waals surface area contributed by atoms with Crippen LogP contribution in [-0.2, 0) is 4.79 Å². The number of hydrogen-bond donors (Lipinski definition) is 2. The van der Waals surface area contributed by atoms with E-state index in [1.807, 2.05) is 0 Å². The molecule has 0 aliphatic rings. The Kier molecular flexibility index (Phi) is 8.06. The van der Waals surface area contributed by atoms with Crippen LogP contribution in [-0.4, -0.2) is 29.7 Å². The van der Waals surface area contributed by atoms with Gasteiger partial charge in [0, 0.05) is 0 Å². The van der Waals surface area contributed by atoms with Crippen LogP contribution in [0.3, 0.4) is 0 Å². The first kappa shape index (κ1) is 20.7. The smallest absolute Gasteiger partial charge is 0.346 e. The Morgan fingerprint density at radius 1 is 1.30 bits per heavy atom. The minimum atomic E-state index is -1.28. The molecule has 0 spiro atoms. The third-order valence-electron chi connectivity index (χ3n) is 3.59. The van der Waals surface area contributed by atoms with Crippen LogP contribution in [0.2, 0.25) is 0 Å². The minimum Gasteiger partial charge on any atom is -0.872 e. The summed E-state index contributed by atoms with van der Waals surface area (Å²) in [6.07, 6.45) is 1.21. The first-order valence-corrected chi connectivity index (χ1v) is 7.45. The standard InChI is InChI=1S/C10H7NO3.C8H19N/c11-6-8(10(13)14)5-7-1-3-9(12)4-2-7;1-7(2)9(6)8(3,4)5/h1-5,12H,(H,13,14);7H,1-6H3/b8-5-;. The first-order chi connectivity index (χ1) is 10.5. The van der Waals surface area contributed by atoms with E-state index in [9.17, 15) is 9.90 Å². The molecule has 0 heterocycles. The number of nitrogens with zero attached hydrogens (tertiary/aromatic N) is 1. The number of carboxylic acids is 1. The summed E-state index contributed by atoms with van der Waals surface area (Å²) >= 11 is 0. The van der Waals surface area contributed by atoms with Crippen molar-refractivity contribution in [2.45, 2.75) is 46.2 Å². The molecule has 0 fully saturated rings. The summed E-state index contributed by atoms with van der Waals surface area (Å²) < 4.78 is 0. The SMILES string of the molecule is CC(C)[NH+](C)C(C)(C)C.N#C/C(=C/c1ccc([O-])cc1)C(=O)O. The van der Waals surface area contributed by atoms with E-state index in [4.69, 9.17) is 10.4 Å². The van der Waals surface area contributed by atoms with E-state index in [2.05, 4.69) is 41.7 Å². The molecule has 0 bridgehead atoms. The average molecular weight is 318 g/mol. The number of carbonyl (C=O) groups is 1. The zero-order valence-electron chi connectivity index (χ0n) is 14.7. The second kappa shape index (κ2) is 8.96. The number of rotatable bonds is 3. The Hall–Kier alpha value is -2.32. The molecule has 2 N–H and O–H groups in total. The van der Waals surface area contributed by atoms with Crippen LogP contribution in [0.1, 0.15) is 40.2 Å². The number of benzene rings is 1. The summed E-state index contributed by atoms with van der Waals surface area (Å²) in [5, 5.41) is 27.7. The molecule has 0 amide bonds. The van der Waals surface area contributed by atoms with Crippen LogP contribution in [0.5, 0.6) is 5.75 Å². The van der Waals surface area contributed by atoms with E-state index in [1.165, 1.54) is 30.3 Å². The Morgan fingerprint density at radius 3 is 2.04 bits per heavy atom. The van der Waals surface area contributed by atoms with Crippen LogP contribution in [0.25, 0.3) is 6.08 Å². The van der Waals surface area contributed by atoms with Gasteiger partial charge in [-0.05, 0) is 46.3 Å². The lowest BCUT2D eigenvalue weighted by atomic mass is 10.1. The molecule has 1 atom stereocenters. The Labute approximate surface area is 138 Å². The highest BCUT2D eigenvalue weighted by Gasteiger charge is 2.22. The third kappa shape index (κ3) is 8.03. The Balaban J connectivity index is 0.000000468. The average Bonchev–Trinajstić information content (AvgIpc) is 2.45. The van der Waals surface area contributed by atoms with Crippen molar-refractivity contribution in [3.05, 3.63) is 35.4 Å². The predicted octanol–water partition coefficient (Wildman–Crippen LogP) is 1.46. The van der Waals surface area contributed by atoms with Gasteiger partial charge in [-0.3, -0.25) is 0 Å². The van der Waals surface area contributed by atoms with Gasteiger partial charge >= 0.3 is 5.97 Å². The maximum Gasteiger partial charge on any atom is 0.346 e. The first-order valence-electron chi connectivity index (χ1n) is 7.45. The van der Waals surface area contributed by atoms with Gasteiger partial charge in [0.2, 0.25) is 0 Å². The number of nitrogens with one attached hydrogen (secondary N) is 1. The number of carboxylic acid groups (broad SMARTS) is 1. The van der Waals surface area contributed by atoms with E-state index in [1.54, 1.807) is 11.0 Å². The van der Waals surface area contributed by atoms with E-state index in [0.717, 1.165) is 6.04 Å². The maximum atomic E-state index is 10.7. The van der Waals surface area contributed by atoms with Crippen molar-refractivity contribution in [1.82, 2.24) is 0 Å². The molecule has 0 saturated heterocycles. The summed E-state index contributed by atoms with van der Waals surface area (Å²) in [5.41, 5.74) is 0.556. The molecule has 1 rings (SSSR count). The van der Waals surface area contributed by atoms with Crippen molar-refractivity contribution < 1.29 is 19.9 Å². The second-order valence-corrected chi connectivity index (χ2v) is 6.63. The molecule has 5 heteroatoms. The van der Waals surface area contributed by atoms with Gasteiger partial charge in [-0.2, -0.15) is 5.26 Å². The van der Waals surface area contributed by atoms with Gasteiger partial charge in [0.25, 0.3) is 0 Å². The second-order valence-electron chi connectivity index (χ2n) is 6.63. The molecule has 0 saturated carbocycles.